The summed E-state index contributed by atoms with van der Waals surface area (Å²) in [5.74, 6) is 1.76. The van der Waals surface area contributed by atoms with Crippen LogP contribution >= 0.6 is 0 Å². The molecule has 4 rings (SSSR count). The highest BCUT2D eigenvalue weighted by molar-refractivity contribution is 6.02. The Bertz CT molecular complexity index is 944. The molecule has 1 amide bonds. The molecular formula is C21H20N4O. The Kier molecular flexibility index (Phi) is 4.60. The molecule has 1 aromatic heterocycles. The number of hydrogen-bond donors (Lipinski definition) is 1. The van der Waals surface area contributed by atoms with Gasteiger partial charge in [-0.25, -0.2) is 0 Å². The van der Waals surface area contributed by atoms with Crippen molar-refractivity contribution in [3.05, 3.63) is 72.1 Å². The molecule has 5 heteroatoms. The van der Waals surface area contributed by atoms with E-state index < -0.39 is 0 Å². The molecule has 3 aromatic rings. The minimum Gasteiger partial charge on any atom is -0.322 e. The summed E-state index contributed by atoms with van der Waals surface area (Å²) >= 11 is 0. The maximum Gasteiger partial charge on any atom is 0.248 e. The van der Waals surface area contributed by atoms with E-state index in [-0.39, 0.29) is 5.91 Å². The number of hydrogen-bond acceptors (Lipinski definition) is 3. The Balaban J connectivity index is 1.50. The van der Waals surface area contributed by atoms with E-state index in [2.05, 4.69) is 20.1 Å². The van der Waals surface area contributed by atoms with Crippen LogP contribution in [0.1, 0.15) is 24.2 Å². The van der Waals surface area contributed by atoms with Crippen LogP contribution in [-0.2, 0) is 17.8 Å². The van der Waals surface area contributed by atoms with Gasteiger partial charge in [0.05, 0.1) is 0 Å². The highest BCUT2D eigenvalue weighted by atomic mass is 16.1. The second kappa shape index (κ2) is 7.35. The average molecular weight is 344 g/mol. The molecule has 2 aromatic carbocycles. The number of fused-ring (bicyclic) bond motifs is 1. The van der Waals surface area contributed by atoms with Crippen LogP contribution in [0.2, 0.25) is 0 Å². The largest absolute Gasteiger partial charge is 0.322 e. The summed E-state index contributed by atoms with van der Waals surface area (Å²) in [7, 11) is 0. The number of anilines is 1. The third-order valence-corrected chi connectivity index (χ3v) is 4.47. The predicted molar refractivity (Wildman–Crippen MR) is 103 cm³/mol. The van der Waals surface area contributed by atoms with Crippen molar-refractivity contribution in [2.75, 3.05) is 5.32 Å². The minimum absolute atomic E-state index is 0.158. The lowest BCUT2D eigenvalue weighted by molar-refractivity contribution is -0.111. The first-order valence-corrected chi connectivity index (χ1v) is 8.86. The van der Waals surface area contributed by atoms with E-state index in [1.54, 1.807) is 12.2 Å². The summed E-state index contributed by atoms with van der Waals surface area (Å²) < 4.78 is 2.18. The number of benzene rings is 2. The smallest absolute Gasteiger partial charge is 0.248 e. The normalized spacial score (nSPS) is 13.5. The number of amides is 1. The molecular weight excluding hydrogens is 324 g/mol. The number of rotatable bonds is 4. The second-order valence-electron chi connectivity index (χ2n) is 6.36. The first-order valence-electron chi connectivity index (χ1n) is 8.86. The van der Waals surface area contributed by atoms with Crippen molar-refractivity contribution in [3.63, 3.8) is 0 Å². The number of nitrogens with one attached hydrogen (secondary N) is 1. The highest BCUT2D eigenvalue weighted by Crippen LogP contribution is 2.25. The molecule has 130 valence electrons. The van der Waals surface area contributed by atoms with E-state index >= 15 is 0 Å². The van der Waals surface area contributed by atoms with E-state index in [0.29, 0.717) is 0 Å². The summed E-state index contributed by atoms with van der Waals surface area (Å²) in [6.07, 6.45) is 6.64. The molecule has 0 radical (unpaired) electrons. The third kappa shape index (κ3) is 3.57. The Hall–Kier alpha value is -3.21. The van der Waals surface area contributed by atoms with Gasteiger partial charge in [0.1, 0.15) is 5.82 Å². The standard InChI is InChI=1S/C21H20N4O/c26-20(13-12-16-7-2-1-3-8-16)22-18-10-6-9-17(15-18)21-24-23-19-11-4-5-14-25(19)21/h1-3,6-10,12-13,15H,4-5,11,14H2,(H,22,26)/b13-12+. The number of aromatic nitrogens is 3. The van der Waals surface area contributed by atoms with E-state index in [1.165, 1.54) is 6.42 Å². The van der Waals surface area contributed by atoms with E-state index in [9.17, 15) is 4.79 Å². The Morgan fingerprint density at radius 1 is 1.04 bits per heavy atom. The van der Waals surface area contributed by atoms with Crippen LogP contribution in [0.25, 0.3) is 17.5 Å². The Morgan fingerprint density at radius 2 is 1.92 bits per heavy atom. The lowest BCUT2D eigenvalue weighted by Gasteiger charge is -2.15. The highest BCUT2D eigenvalue weighted by Gasteiger charge is 2.17. The van der Waals surface area contributed by atoms with Gasteiger partial charge in [0.2, 0.25) is 5.91 Å². The number of nitrogens with zero attached hydrogens (tertiary/aromatic N) is 3. The summed E-state index contributed by atoms with van der Waals surface area (Å²) in [5.41, 5.74) is 2.71. The molecule has 0 saturated heterocycles. The van der Waals surface area contributed by atoms with Gasteiger partial charge < -0.3 is 9.88 Å². The molecule has 0 unspecified atom stereocenters. The molecule has 26 heavy (non-hydrogen) atoms. The lowest BCUT2D eigenvalue weighted by Crippen LogP contribution is -2.11. The van der Waals surface area contributed by atoms with Gasteiger partial charge in [-0.2, -0.15) is 0 Å². The van der Waals surface area contributed by atoms with Gasteiger partial charge >= 0.3 is 0 Å². The molecule has 0 atom stereocenters. The number of carbonyl (C=O) groups is 1. The second-order valence-corrected chi connectivity index (χ2v) is 6.36. The fraction of sp³-hybridized carbons (Fsp3) is 0.190. The van der Waals surface area contributed by atoms with Crippen LogP contribution in [0.4, 0.5) is 5.69 Å². The topological polar surface area (TPSA) is 59.8 Å². The fourth-order valence-corrected chi connectivity index (χ4v) is 3.18. The van der Waals surface area contributed by atoms with Gasteiger partial charge in [0.15, 0.2) is 5.82 Å². The van der Waals surface area contributed by atoms with Gasteiger partial charge in [-0.1, -0.05) is 42.5 Å². The lowest BCUT2D eigenvalue weighted by atomic mass is 10.1. The first-order chi connectivity index (χ1) is 12.8. The summed E-state index contributed by atoms with van der Waals surface area (Å²) in [5, 5.41) is 11.6. The Labute approximate surface area is 152 Å². The van der Waals surface area contributed by atoms with Crippen molar-refractivity contribution in [3.8, 4) is 11.4 Å². The van der Waals surface area contributed by atoms with Gasteiger partial charge in [0, 0.05) is 30.3 Å². The average Bonchev–Trinajstić information content (AvgIpc) is 3.12. The van der Waals surface area contributed by atoms with Crippen LogP contribution in [0.5, 0.6) is 0 Å². The van der Waals surface area contributed by atoms with Crippen molar-refractivity contribution in [2.45, 2.75) is 25.8 Å². The molecule has 0 bridgehead atoms. The van der Waals surface area contributed by atoms with Crippen LogP contribution in [0, 0.1) is 0 Å². The van der Waals surface area contributed by atoms with Gasteiger partial charge in [-0.05, 0) is 36.6 Å². The van der Waals surface area contributed by atoms with E-state index in [0.717, 1.165) is 47.8 Å². The number of aryl methyl sites for hydroxylation is 1. The summed E-state index contributed by atoms with van der Waals surface area (Å²) in [6.45, 7) is 0.952. The van der Waals surface area contributed by atoms with E-state index in [4.69, 9.17) is 0 Å². The van der Waals surface area contributed by atoms with Crippen LogP contribution < -0.4 is 5.32 Å². The zero-order valence-corrected chi connectivity index (χ0v) is 14.4. The fourth-order valence-electron chi connectivity index (χ4n) is 3.18. The SMILES string of the molecule is O=C(/C=C/c1ccccc1)Nc1cccc(-c2nnc3n2CCCC3)c1. The van der Waals surface area contributed by atoms with Crippen molar-refractivity contribution in [1.29, 1.82) is 0 Å². The van der Waals surface area contributed by atoms with Crippen molar-refractivity contribution in [2.24, 2.45) is 0 Å². The molecule has 1 N–H and O–H groups in total. The zero-order valence-electron chi connectivity index (χ0n) is 14.4. The molecule has 1 aliphatic heterocycles. The first kappa shape index (κ1) is 16.3. The predicted octanol–water partition coefficient (Wildman–Crippen LogP) is 3.93. The van der Waals surface area contributed by atoms with Crippen LogP contribution in [0.15, 0.2) is 60.7 Å². The molecule has 0 aliphatic carbocycles. The molecule has 0 fully saturated rings. The third-order valence-electron chi connectivity index (χ3n) is 4.47. The molecule has 0 spiro atoms. The van der Waals surface area contributed by atoms with Crippen LogP contribution in [0.3, 0.4) is 0 Å². The van der Waals surface area contributed by atoms with E-state index in [1.807, 2.05) is 54.6 Å². The van der Waals surface area contributed by atoms with Crippen molar-refractivity contribution >= 4 is 17.7 Å². The van der Waals surface area contributed by atoms with Crippen molar-refractivity contribution < 1.29 is 4.79 Å². The minimum atomic E-state index is -0.158. The summed E-state index contributed by atoms with van der Waals surface area (Å²) in [4.78, 5) is 12.2. The van der Waals surface area contributed by atoms with Crippen LogP contribution in [-0.4, -0.2) is 20.7 Å². The van der Waals surface area contributed by atoms with Gasteiger partial charge in [0.25, 0.3) is 0 Å². The Morgan fingerprint density at radius 3 is 2.81 bits per heavy atom. The quantitative estimate of drug-likeness (QED) is 0.730. The zero-order chi connectivity index (χ0) is 17.8. The monoisotopic (exact) mass is 344 g/mol. The summed E-state index contributed by atoms with van der Waals surface area (Å²) in [6, 6.07) is 17.5. The maximum absolute atomic E-state index is 12.2. The maximum atomic E-state index is 12.2. The number of carbonyl (C=O) groups excluding carboxylic acids is 1. The van der Waals surface area contributed by atoms with Gasteiger partial charge in [-0.3, -0.25) is 4.79 Å². The molecule has 5 nitrogen and oxygen atoms in total. The molecule has 1 aliphatic rings. The molecule has 2 heterocycles. The van der Waals surface area contributed by atoms with Gasteiger partial charge in [-0.15, -0.1) is 10.2 Å². The molecule has 0 saturated carbocycles. The van der Waals surface area contributed by atoms with Crippen molar-refractivity contribution in [1.82, 2.24) is 14.8 Å².